The Morgan fingerprint density at radius 3 is 2.30 bits per heavy atom. The number of carbonyl (C=O) groups is 4. The number of nitrogens with zero attached hydrogens (tertiary/aromatic N) is 3. The van der Waals surface area contributed by atoms with Crippen LogP contribution in [-0.2, 0) is 47.8 Å². The smallest absolute Gasteiger partial charge is 0.425 e. The summed E-state index contributed by atoms with van der Waals surface area (Å²) in [5.41, 5.74) is 0.763. The van der Waals surface area contributed by atoms with E-state index in [-0.39, 0.29) is 53.4 Å². The second kappa shape index (κ2) is 16.0. The molecule has 2 aliphatic rings. The molecule has 296 valence electrons. The fraction of sp³-hybridized carbons (Fsp3) is 0.390. The number of pyridine rings is 1. The van der Waals surface area contributed by atoms with Gasteiger partial charge in [-0.3, -0.25) is 13.8 Å². The summed E-state index contributed by atoms with van der Waals surface area (Å²) < 4.78 is 45.8. The first kappa shape index (κ1) is 40.3. The Balaban J connectivity index is 1.39. The fourth-order valence-electron chi connectivity index (χ4n) is 6.09. The number of hydrogen-bond acceptors (Lipinski definition) is 10. The van der Waals surface area contributed by atoms with Crippen molar-refractivity contribution < 1.29 is 42.0 Å². The van der Waals surface area contributed by atoms with E-state index in [2.05, 4.69) is 15.6 Å². The van der Waals surface area contributed by atoms with Crippen LogP contribution >= 0.6 is 0 Å². The molecule has 56 heavy (non-hydrogen) atoms. The minimum atomic E-state index is -1.29. The first-order valence-corrected chi connectivity index (χ1v) is 19.4. The van der Waals surface area contributed by atoms with Crippen molar-refractivity contribution in [2.45, 2.75) is 94.9 Å². The van der Waals surface area contributed by atoms with Crippen molar-refractivity contribution in [1.82, 2.24) is 9.88 Å². The minimum absolute atomic E-state index is 0.00149. The van der Waals surface area contributed by atoms with Gasteiger partial charge in [-0.05, 0) is 107 Å². The quantitative estimate of drug-likeness (QED) is 0.207. The van der Waals surface area contributed by atoms with Crippen LogP contribution in [0.15, 0.2) is 71.8 Å². The van der Waals surface area contributed by atoms with E-state index in [1.807, 2.05) is 6.07 Å². The molecule has 13 nitrogen and oxygen atoms in total. The predicted octanol–water partition coefficient (Wildman–Crippen LogP) is 7.60. The average molecular weight is 788 g/mol. The number of ether oxygens (including phenoxy) is 3. The van der Waals surface area contributed by atoms with Gasteiger partial charge in [-0.2, -0.15) is 4.90 Å². The van der Waals surface area contributed by atoms with Crippen LogP contribution in [-0.4, -0.2) is 68.2 Å². The Morgan fingerprint density at radius 1 is 0.946 bits per heavy atom. The number of likely N-dealkylation sites (N-methyl/N-ethyl adjacent to an activating group) is 1. The molecule has 1 aromatic heterocycles. The van der Waals surface area contributed by atoms with Gasteiger partial charge in [-0.25, -0.2) is 19.0 Å². The van der Waals surface area contributed by atoms with Crippen LogP contribution < -0.4 is 15.5 Å². The van der Waals surface area contributed by atoms with Gasteiger partial charge in [0.1, 0.15) is 29.7 Å². The highest BCUT2D eigenvalue weighted by Crippen LogP contribution is 2.35. The number of aromatic nitrogens is 1. The molecule has 1 fully saturated rings. The molecular weight excluding hydrogens is 742 g/mol. The number of carbonyl (C=O) groups excluding carboxylic acids is 4. The highest BCUT2D eigenvalue weighted by atomic mass is 32.2. The van der Waals surface area contributed by atoms with Crippen molar-refractivity contribution in [2.24, 2.45) is 0 Å². The molecule has 15 heteroatoms. The van der Waals surface area contributed by atoms with Crippen molar-refractivity contribution in [3.8, 4) is 0 Å². The van der Waals surface area contributed by atoms with Crippen LogP contribution in [0, 0.1) is 5.82 Å². The first-order valence-electron chi connectivity index (χ1n) is 18.2. The van der Waals surface area contributed by atoms with Crippen LogP contribution in [0.25, 0.3) is 10.8 Å². The fourth-order valence-corrected chi connectivity index (χ4v) is 7.60. The third-order valence-corrected chi connectivity index (χ3v) is 10.6. The lowest BCUT2D eigenvalue weighted by Gasteiger charge is -2.29. The van der Waals surface area contributed by atoms with E-state index in [4.69, 9.17) is 14.2 Å². The number of fused-ring (bicyclic) bond motifs is 5. The van der Waals surface area contributed by atoms with E-state index in [1.54, 1.807) is 91.1 Å². The minimum Gasteiger partial charge on any atom is -0.443 e. The maximum Gasteiger partial charge on any atom is 0.425 e. The summed E-state index contributed by atoms with van der Waals surface area (Å²) in [4.78, 5) is 61.1. The molecule has 1 aliphatic carbocycles. The number of benzene rings is 3. The molecule has 6 rings (SSSR count). The van der Waals surface area contributed by atoms with Gasteiger partial charge >= 0.3 is 12.2 Å². The SMILES string of the molecule is CN1Cc2cc(ccc2S(=O)C2CC2)NC(=O)COCc2cccc(c2)C(Nc2ccc3c(N(C(=O)OC(C)(C)C)C(=O)OC(C)(C)C)ncc(F)c3c2)C1=O. The summed E-state index contributed by atoms with van der Waals surface area (Å²) in [5, 5.41) is 6.25. The molecule has 4 bridgehead atoms. The van der Waals surface area contributed by atoms with Gasteiger partial charge < -0.3 is 29.7 Å². The van der Waals surface area contributed by atoms with Crippen LogP contribution in [0.3, 0.4) is 0 Å². The number of amides is 4. The maximum atomic E-state index is 15.7. The highest BCUT2D eigenvalue weighted by Gasteiger charge is 2.36. The molecule has 1 saturated carbocycles. The Bertz CT molecular complexity index is 2190. The van der Waals surface area contributed by atoms with Crippen molar-refractivity contribution >= 4 is 62.8 Å². The maximum absolute atomic E-state index is 15.7. The zero-order chi connectivity index (χ0) is 40.5. The van der Waals surface area contributed by atoms with Crippen LogP contribution in [0.4, 0.5) is 31.2 Å². The molecule has 3 aromatic carbocycles. The van der Waals surface area contributed by atoms with Gasteiger partial charge in [0, 0.05) is 45.9 Å². The summed E-state index contributed by atoms with van der Waals surface area (Å²) in [7, 11) is 0.346. The van der Waals surface area contributed by atoms with E-state index in [0.29, 0.717) is 37.9 Å². The van der Waals surface area contributed by atoms with E-state index < -0.39 is 46.0 Å². The molecular formula is C41H46FN5O8S. The second-order valence-electron chi connectivity index (χ2n) is 15.9. The Morgan fingerprint density at radius 2 is 1.64 bits per heavy atom. The molecule has 0 radical (unpaired) electrons. The van der Waals surface area contributed by atoms with Crippen molar-refractivity contribution in [2.75, 3.05) is 29.2 Å². The number of halogens is 1. The molecule has 4 amide bonds. The lowest BCUT2D eigenvalue weighted by Crippen LogP contribution is -2.44. The number of hydrogen-bond donors (Lipinski definition) is 2. The molecule has 0 saturated heterocycles. The van der Waals surface area contributed by atoms with E-state index >= 15 is 4.39 Å². The van der Waals surface area contributed by atoms with Crippen molar-refractivity contribution in [3.63, 3.8) is 0 Å². The molecule has 2 N–H and O–H groups in total. The lowest BCUT2D eigenvalue weighted by atomic mass is 10.0. The number of imide groups is 1. The Hall–Kier alpha value is -5.41. The molecule has 2 unspecified atom stereocenters. The second-order valence-corrected chi connectivity index (χ2v) is 17.6. The highest BCUT2D eigenvalue weighted by molar-refractivity contribution is 7.86. The van der Waals surface area contributed by atoms with Gasteiger partial charge in [0.15, 0.2) is 5.82 Å². The lowest BCUT2D eigenvalue weighted by molar-refractivity contribution is -0.131. The number of nitrogens with one attached hydrogen (secondary N) is 2. The van der Waals surface area contributed by atoms with Crippen LogP contribution in [0.1, 0.15) is 77.1 Å². The largest absolute Gasteiger partial charge is 0.443 e. The third kappa shape index (κ3) is 9.69. The molecule has 1 aliphatic heterocycles. The van der Waals surface area contributed by atoms with E-state index in [0.717, 1.165) is 19.0 Å². The summed E-state index contributed by atoms with van der Waals surface area (Å²) in [6.45, 7) is 9.81. The molecule has 2 heterocycles. The van der Waals surface area contributed by atoms with Crippen LogP contribution in [0.2, 0.25) is 0 Å². The van der Waals surface area contributed by atoms with Crippen molar-refractivity contribution in [1.29, 1.82) is 0 Å². The monoisotopic (exact) mass is 787 g/mol. The van der Waals surface area contributed by atoms with E-state index in [9.17, 15) is 23.4 Å². The third-order valence-electron chi connectivity index (χ3n) is 8.70. The topological polar surface area (TPSA) is 156 Å². The van der Waals surface area contributed by atoms with Gasteiger partial charge in [0.2, 0.25) is 11.8 Å². The zero-order valence-corrected chi connectivity index (χ0v) is 33.3. The molecule has 4 aromatic rings. The molecule has 0 spiro atoms. The number of rotatable bonds is 5. The summed E-state index contributed by atoms with van der Waals surface area (Å²) in [5.74, 6) is -1.66. The standard InChI is InChI=1S/C41H46FN5O8S/c1-40(2,3)54-38(50)47(39(51)55-41(4,5)6)36-30-15-11-28(19-31(30)32(42)20-43-36)45-35-25-10-8-9-24(17-25)22-53-23-34(48)44-27-12-16-33(56(52)29-13-14-29)26(18-27)21-46(7)37(35)49/h8-12,15-20,29,35,45H,13-14,21-23H2,1-7H3,(H,44,48). The van der Waals surface area contributed by atoms with Crippen molar-refractivity contribution in [3.05, 3.63) is 89.4 Å². The number of anilines is 3. The van der Waals surface area contributed by atoms with Gasteiger partial charge in [0.25, 0.3) is 0 Å². The predicted molar refractivity (Wildman–Crippen MR) is 210 cm³/mol. The molecule has 2 atom stereocenters. The summed E-state index contributed by atoms with van der Waals surface area (Å²) in [6, 6.07) is 15.8. The van der Waals surface area contributed by atoms with Gasteiger partial charge in [0.05, 0.1) is 23.6 Å². The summed E-state index contributed by atoms with van der Waals surface area (Å²) in [6.07, 6.45) is 0.479. The van der Waals surface area contributed by atoms with E-state index in [1.165, 1.54) is 17.0 Å². The van der Waals surface area contributed by atoms with Crippen LogP contribution in [0.5, 0.6) is 0 Å². The zero-order valence-electron chi connectivity index (χ0n) is 32.4. The van der Waals surface area contributed by atoms with Gasteiger partial charge in [-0.15, -0.1) is 0 Å². The Labute approximate surface area is 327 Å². The van der Waals surface area contributed by atoms with Gasteiger partial charge in [-0.1, -0.05) is 24.3 Å². The first-order chi connectivity index (χ1) is 26.4. The Kier molecular flexibility index (Phi) is 11.5. The average Bonchev–Trinajstić information content (AvgIpc) is 3.96. The normalized spacial score (nSPS) is 17.3. The summed E-state index contributed by atoms with van der Waals surface area (Å²) >= 11 is 0.